The van der Waals surface area contributed by atoms with E-state index in [9.17, 15) is 5.11 Å². The highest BCUT2D eigenvalue weighted by molar-refractivity contribution is 8.00. The Morgan fingerprint density at radius 3 is 3.18 bits per heavy atom. The van der Waals surface area contributed by atoms with Crippen LogP contribution in [0.4, 0.5) is 0 Å². The van der Waals surface area contributed by atoms with E-state index in [-0.39, 0.29) is 0 Å². The second-order valence-corrected chi connectivity index (χ2v) is 6.61. The Bertz CT molecular complexity index is 385. The Morgan fingerprint density at radius 2 is 2.41 bits per heavy atom. The van der Waals surface area contributed by atoms with Gasteiger partial charge in [0.05, 0.1) is 0 Å². The average molecular weight is 252 g/mol. The third-order valence-corrected chi connectivity index (χ3v) is 5.36. The number of imidazole rings is 1. The van der Waals surface area contributed by atoms with Gasteiger partial charge in [0.1, 0.15) is 5.82 Å². The van der Waals surface area contributed by atoms with Crippen LogP contribution in [0.1, 0.15) is 30.8 Å². The largest absolute Gasteiger partial charge is 0.396 e. The standard InChI is InChI=1S/C13H20N2OS/c16-9-10-3-4-11-7-14-13(15(11)8-10)6-12-2-1-5-17-12/h7,10,12,16H,1-6,8-9H2. The van der Waals surface area contributed by atoms with Crippen LogP contribution < -0.4 is 0 Å². The van der Waals surface area contributed by atoms with Crippen molar-refractivity contribution in [2.45, 2.75) is 43.9 Å². The molecule has 0 spiro atoms. The van der Waals surface area contributed by atoms with Crippen molar-refractivity contribution in [3.63, 3.8) is 0 Å². The number of aliphatic hydroxyl groups excluding tert-OH is 1. The molecule has 17 heavy (non-hydrogen) atoms. The number of hydrogen-bond donors (Lipinski definition) is 1. The summed E-state index contributed by atoms with van der Waals surface area (Å²) in [4.78, 5) is 4.60. The molecule has 94 valence electrons. The van der Waals surface area contributed by atoms with E-state index in [1.807, 2.05) is 6.20 Å². The maximum atomic E-state index is 9.29. The highest BCUT2D eigenvalue weighted by atomic mass is 32.2. The molecule has 3 nitrogen and oxygen atoms in total. The van der Waals surface area contributed by atoms with Gasteiger partial charge in [0.25, 0.3) is 0 Å². The molecular weight excluding hydrogens is 232 g/mol. The first-order valence-corrected chi connectivity index (χ1v) is 7.67. The lowest BCUT2D eigenvalue weighted by Crippen LogP contribution is -2.24. The monoisotopic (exact) mass is 252 g/mol. The number of aliphatic hydroxyl groups is 1. The number of nitrogens with zero attached hydrogens (tertiary/aromatic N) is 2. The van der Waals surface area contributed by atoms with E-state index >= 15 is 0 Å². The van der Waals surface area contributed by atoms with Gasteiger partial charge in [-0.2, -0.15) is 11.8 Å². The predicted molar refractivity (Wildman–Crippen MR) is 70.3 cm³/mol. The molecule has 2 atom stereocenters. The lowest BCUT2D eigenvalue weighted by atomic mass is 9.99. The summed E-state index contributed by atoms with van der Waals surface area (Å²) >= 11 is 2.10. The zero-order valence-electron chi connectivity index (χ0n) is 10.1. The maximum absolute atomic E-state index is 9.29. The molecule has 0 radical (unpaired) electrons. The van der Waals surface area contributed by atoms with Crippen LogP contribution in [0, 0.1) is 5.92 Å². The molecule has 0 bridgehead atoms. The van der Waals surface area contributed by atoms with Gasteiger partial charge in [-0.3, -0.25) is 0 Å². The molecule has 3 rings (SSSR count). The zero-order chi connectivity index (χ0) is 11.7. The predicted octanol–water partition coefficient (Wildman–Crippen LogP) is 1.88. The summed E-state index contributed by atoms with van der Waals surface area (Å²) < 4.78 is 2.36. The first-order chi connectivity index (χ1) is 8.36. The normalized spacial score (nSPS) is 28.3. The molecule has 0 saturated carbocycles. The molecule has 1 fully saturated rings. The lowest BCUT2D eigenvalue weighted by molar-refractivity contribution is 0.190. The Labute approximate surface area is 107 Å². The third kappa shape index (κ3) is 2.38. The van der Waals surface area contributed by atoms with Crippen LogP contribution in [0.25, 0.3) is 0 Å². The molecule has 1 aromatic heterocycles. The van der Waals surface area contributed by atoms with Gasteiger partial charge in [0.15, 0.2) is 0 Å². The van der Waals surface area contributed by atoms with Gasteiger partial charge in [-0.15, -0.1) is 0 Å². The fourth-order valence-corrected chi connectivity index (χ4v) is 4.17. The summed E-state index contributed by atoms with van der Waals surface area (Å²) in [6.07, 6.45) is 8.06. The van der Waals surface area contributed by atoms with Gasteiger partial charge in [-0.05, 0) is 31.4 Å². The number of hydrogen-bond acceptors (Lipinski definition) is 3. The summed E-state index contributed by atoms with van der Waals surface area (Å²) in [6, 6.07) is 0. The van der Waals surface area contributed by atoms with Gasteiger partial charge in [-0.25, -0.2) is 4.98 Å². The molecule has 1 saturated heterocycles. The molecule has 2 aliphatic rings. The maximum Gasteiger partial charge on any atom is 0.109 e. The van der Waals surface area contributed by atoms with Crippen molar-refractivity contribution in [2.24, 2.45) is 5.92 Å². The molecular formula is C13H20N2OS. The van der Waals surface area contributed by atoms with Crippen LogP contribution in [0.3, 0.4) is 0 Å². The fraction of sp³-hybridized carbons (Fsp3) is 0.769. The second kappa shape index (κ2) is 5.02. The van der Waals surface area contributed by atoms with Crippen molar-refractivity contribution in [2.75, 3.05) is 12.4 Å². The first kappa shape index (κ1) is 11.6. The summed E-state index contributed by atoms with van der Waals surface area (Å²) in [5, 5.41) is 10.1. The Kier molecular flexibility index (Phi) is 3.43. The van der Waals surface area contributed by atoms with Gasteiger partial charge in [0, 0.05) is 42.6 Å². The summed E-state index contributed by atoms with van der Waals surface area (Å²) in [7, 11) is 0. The van der Waals surface area contributed by atoms with E-state index < -0.39 is 0 Å². The molecule has 1 aromatic rings. The highest BCUT2D eigenvalue weighted by Crippen LogP contribution is 2.30. The summed E-state index contributed by atoms with van der Waals surface area (Å²) in [5.41, 5.74) is 1.37. The van der Waals surface area contributed by atoms with E-state index in [4.69, 9.17) is 0 Å². The van der Waals surface area contributed by atoms with Crippen molar-refractivity contribution in [1.29, 1.82) is 0 Å². The molecule has 2 aliphatic heterocycles. The van der Waals surface area contributed by atoms with Crippen LogP contribution in [-0.4, -0.2) is 32.3 Å². The van der Waals surface area contributed by atoms with Crippen LogP contribution in [0.5, 0.6) is 0 Å². The van der Waals surface area contributed by atoms with E-state index in [1.54, 1.807) is 0 Å². The number of aromatic nitrogens is 2. The van der Waals surface area contributed by atoms with Gasteiger partial charge >= 0.3 is 0 Å². The van der Waals surface area contributed by atoms with E-state index in [2.05, 4.69) is 21.3 Å². The molecule has 2 unspecified atom stereocenters. The van der Waals surface area contributed by atoms with Crippen LogP contribution in [0.2, 0.25) is 0 Å². The average Bonchev–Trinajstić information content (AvgIpc) is 2.99. The SMILES string of the molecule is OCC1CCc2cnc(CC3CCCS3)n2C1. The van der Waals surface area contributed by atoms with Crippen molar-refractivity contribution < 1.29 is 5.11 Å². The molecule has 3 heterocycles. The number of fused-ring (bicyclic) bond motifs is 1. The summed E-state index contributed by atoms with van der Waals surface area (Å²) in [5.74, 6) is 3.00. The Balaban J connectivity index is 1.74. The fourth-order valence-electron chi connectivity index (χ4n) is 2.90. The van der Waals surface area contributed by atoms with E-state index in [0.29, 0.717) is 12.5 Å². The molecule has 1 N–H and O–H groups in total. The highest BCUT2D eigenvalue weighted by Gasteiger charge is 2.23. The van der Waals surface area contributed by atoms with Crippen LogP contribution >= 0.6 is 11.8 Å². The minimum absolute atomic E-state index is 0.315. The quantitative estimate of drug-likeness (QED) is 0.892. The number of thioether (sulfide) groups is 1. The van der Waals surface area contributed by atoms with Crippen LogP contribution in [0.15, 0.2) is 6.20 Å². The van der Waals surface area contributed by atoms with E-state index in [1.165, 1.54) is 30.1 Å². The zero-order valence-corrected chi connectivity index (χ0v) is 11.0. The number of rotatable bonds is 3. The minimum Gasteiger partial charge on any atom is -0.396 e. The van der Waals surface area contributed by atoms with Crippen LogP contribution in [-0.2, 0) is 19.4 Å². The van der Waals surface area contributed by atoms with Gasteiger partial charge < -0.3 is 9.67 Å². The van der Waals surface area contributed by atoms with Crippen molar-refractivity contribution in [1.82, 2.24) is 9.55 Å². The third-order valence-electron chi connectivity index (χ3n) is 3.96. The minimum atomic E-state index is 0.315. The van der Waals surface area contributed by atoms with Crippen molar-refractivity contribution in [3.05, 3.63) is 17.7 Å². The number of aryl methyl sites for hydroxylation is 1. The first-order valence-electron chi connectivity index (χ1n) is 6.62. The van der Waals surface area contributed by atoms with E-state index in [0.717, 1.165) is 31.1 Å². The molecule has 4 heteroatoms. The smallest absolute Gasteiger partial charge is 0.109 e. The second-order valence-electron chi connectivity index (χ2n) is 5.20. The topological polar surface area (TPSA) is 38.1 Å². The Hall–Kier alpha value is -0.480. The lowest BCUT2D eigenvalue weighted by Gasteiger charge is -2.24. The van der Waals surface area contributed by atoms with Crippen molar-refractivity contribution in [3.8, 4) is 0 Å². The molecule has 0 amide bonds. The molecule has 0 aromatic carbocycles. The Morgan fingerprint density at radius 1 is 1.47 bits per heavy atom. The molecule has 0 aliphatic carbocycles. The van der Waals surface area contributed by atoms with Gasteiger partial charge in [-0.1, -0.05) is 0 Å². The van der Waals surface area contributed by atoms with Crippen molar-refractivity contribution >= 4 is 11.8 Å². The summed E-state index contributed by atoms with van der Waals surface area (Å²) in [6.45, 7) is 1.29. The van der Waals surface area contributed by atoms with Gasteiger partial charge in [0.2, 0.25) is 0 Å².